The summed E-state index contributed by atoms with van der Waals surface area (Å²) in [5.41, 5.74) is 6.87. The van der Waals surface area contributed by atoms with Crippen LogP contribution in [0.15, 0.2) is 36.4 Å². The third-order valence-electron chi connectivity index (χ3n) is 4.09. The highest BCUT2D eigenvalue weighted by atomic mass is 16.5. The first-order chi connectivity index (χ1) is 9.22. The molecule has 100 valence electrons. The largest absolute Gasteiger partial charge is 0.486 e. The number of rotatable bonds is 2. The van der Waals surface area contributed by atoms with Crippen molar-refractivity contribution < 1.29 is 4.74 Å². The summed E-state index contributed by atoms with van der Waals surface area (Å²) in [6.45, 7) is 2.86. The number of hydrogen-bond acceptors (Lipinski definition) is 3. The highest BCUT2D eigenvalue weighted by Crippen LogP contribution is 2.41. The van der Waals surface area contributed by atoms with Gasteiger partial charge in [-0.05, 0) is 31.3 Å². The van der Waals surface area contributed by atoms with E-state index in [1.54, 1.807) is 0 Å². The normalized spacial score (nSPS) is 22.2. The number of anilines is 1. The van der Waals surface area contributed by atoms with Crippen LogP contribution < -0.4 is 15.4 Å². The Morgan fingerprint density at radius 3 is 2.79 bits per heavy atom. The van der Waals surface area contributed by atoms with Crippen molar-refractivity contribution in [2.24, 2.45) is 5.73 Å². The van der Waals surface area contributed by atoms with E-state index in [9.17, 15) is 0 Å². The van der Waals surface area contributed by atoms with Gasteiger partial charge in [0.2, 0.25) is 0 Å². The maximum atomic E-state index is 6.14. The first-order valence-electron chi connectivity index (χ1n) is 6.83. The summed E-state index contributed by atoms with van der Waals surface area (Å²) in [7, 11) is 2.14. The van der Waals surface area contributed by atoms with Crippen molar-refractivity contribution in [1.29, 1.82) is 0 Å². The minimum absolute atomic E-state index is 0.170. The summed E-state index contributed by atoms with van der Waals surface area (Å²) in [5.74, 6) is 0.970. The van der Waals surface area contributed by atoms with Crippen LogP contribution in [0.25, 0.3) is 10.8 Å². The van der Waals surface area contributed by atoms with E-state index in [-0.39, 0.29) is 6.10 Å². The van der Waals surface area contributed by atoms with Crippen molar-refractivity contribution in [1.82, 2.24) is 0 Å². The predicted octanol–water partition coefficient (Wildman–Crippen LogP) is 2.77. The van der Waals surface area contributed by atoms with E-state index in [1.807, 2.05) is 0 Å². The van der Waals surface area contributed by atoms with E-state index in [0.29, 0.717) is 12.6 Å². The molecule has 2 unspecified atom stereocenters. The number of nitrogens with zero attached hydrogens (tertiary/aromatic N) is 1. The molecule has 3 nitrogen and oxygen atoms in total. The number of fused-ring (bicyclic) bond motifs is 3. The summed E-state index contributed by atoms with van der Waals surface area (Å²) in [4.78, 5) is 2.32. The molecule has 0 spiro atoms. The molecule has 0 bridgehead atoms. The van der Waals surface area contributed by atoms with Crippen LogP contribution in [-0.4, -0.2) is 25.7 Å². The van der Waals surface area contributed by atoms with Gasteiger partial charge in [0.25, 0.3) is 0 Å². The molecule has 0 saturated heterocycles. The maximum Gasteiger partial charge on any atom is 0.143 e. The molecule has 19 heavy (non-hydrogen) atoms. The second-order valence-corrected chi connectivity index (χ2v) is 5.22. The van der Waals surface area contributed by atoms with E-state index >= 15 is 0 Å². The van der Waals surface area contributed by atoms with Gasteiger partial charge in [-0.15, -0.1) is 0 Å². The predicted molar refractivity (Wildman–Crippen MR) is 79.9 cm³/mol. The molecule has 0 aliphatic carbocycles. The molecule has 2 atom stereocenters. The quantitative estimate of drug-likeness (QED) is 0.898. The Kier molecular flexibility index (Phi) is 3.07. The summed E-state index contributed by atoms with van der Waals surface area (Å²) in [6, 6.07) is 13.0. The number of benzene rings is 2. The monoisotopic (exact) mass is 256 g/mol. The second-order valence-electron chi connectivity index (χ2n) is 5.22. The van der Waals surface area contributed by atoms with Crippen LogP contribution in [0.4, 0.5) is 5.69 Å². The lowest BCUT2D eigenvalue weighted by atomic mass is 10.0. The van der Waals surface area contributed by atoms with Crippen LogP contribution in [-0.2, 0) is 0 Å². The number of likely N-dealkylation sites (N-methyl/N-ethyl adjacent to an activating group) is 1. The first-order valence-corrected chi connectivity index (χ1v) is 6.83. The van der Waals surface area contributed by atoms with Crippen LogP contribution >= 0.6 is 0 Å². The molecule has 2 aromatic rings. The maximum absolute atomic E-state index is 6.14. The smallest absolute Gasteiger partial charge is 0.143 e. The van der Waals surface area contributed by atoms with E-state index in [0.717, 1.165) is 12.2 Å². The Balaban J connectivity index is 2.13. The van der Waals surface area contributed by atoms with Crippen molar-refractivity contribution in [3.63, 3.8) is 0 Å². The highest BCUT2D eigenvalue weighted by molar-refractivity contribution is 5.97. The molecule has 1 aliphatic rings. The molecular formula is C16H20N2O. The Morgan fingerprint density at radius 1 is 1.21 bits per heavy atom. The molecule has 1 heterocycles. The Morgan fingerprint density at radius 2 is 2.00 bits per heavy atom. The molecule has 3 rings (SSSR count). The molecule has 0 saturated carbocycles. The SMILES string of the molecule is CC1C(CCN)Oc2ccc3ccccc3c2N1C. The standard InChI is InChI=1S/C16H20N2O/c1-11-14(9-10-17)19-15-8-7-12-5-3-4-6-13(12)16(15)18(11)2/h3-8,11,14H,9-10,17H2,1-2H3. The van der Waals surface area contributed by atoms with E-state index in [1.165, 1.54) is 16.5 Å². The topological polar surface area (TPSA) is 38.5 Å². The van der Waals surface area contributed by atoms with Crippen molar-refractivity contribution in [3.8, 4) is 5.75 Å². The first kappa shape index (κ1) is 12.3. The molecule has 0 aromatic heterocycles. The van der Waals surface area contributed by atoms with Gasteiger partial charge in [0.1, 0.15) is 11.9 Å². The van der Waals surface area contributed by atoms with E-state index in [2.05, 4.69) is 55.3 Å². The average molecular weight is 256 g/mol. The molecule has 2 N–H and O–H groups in total. The van der Waals surface area contributed by atoms with Gasteiger partial charge in [0, 0.05) is 12.4 Å². The number of nitrogens with two attached hydrogens (primary N) is 1. The molecule has 3 heteroatoms. The summed E-state index contributed by atoms with van der Waals surface area (Å²) in [6.07, 6.45) is 1.06. The number of hydrogen-bond donors (Lipinski definition) is 1. The van der Waals surface area contributed by atoms with Crippen molar-refractivity contribution in [2.45, 2.75) is 25.5 Å². The zero-order chi connectivity index (χ0) is 13.4. The zero-order valence-corrected chi connectivity index (χ0v) is 11.5. The molecular weight excluding hydrogens is 236 g/mol. The third-order valence-corrected chi connectivity index (χ3v) is 4.09. The summed E-state index contributed by atoms with van der Waals surface area (Å²) < 4.78 is 6.14. The van der Waals surface area contributed by atoms with Crippen LogP contribution in [0.1, 0.15) is 13.3 Å². The van der Waals surface area contributed by atoms with E-state index in [4.69, 9.17) is 10.5 Å². The molecule has 1 aliphatic heterocycles. The van der Waals surface area contributed by atoms with Crippen LogP contribution in [0, 0.1) is 0 Å². The lowest BCUT2D eigenvalue weighted by Gasteiger charge is -2.40. The lowest BCUT2D eigenvalue weighted by Crippen LogP contribution is -2.46. The van der Waals surface area contributed by atoms with Crippen molar-refractivity contribution in [3.05, 3.63) is 36.4 Å². The van der Waals surface area contributed by atoms with Crippen LogP contribution in [0.3, 0.4) is 0 Å². The minimum Gasteiger partial charge on any atom is -0.486 e. The van der Waals surface area contributed by atoms with Gasteiger partial charge in [0.15, 0.2) is 0 Å². The van der Waals surface area contributed by atoms with Crippen LogP contribution in [0.2, 0.25) is 0 Å². The molecule has 0 radical (unpaired) electrons. The van der Waals surface area contributed by atoms with Crippen molar-refractivity contribution >= 4 is 16.5 Å². The molecule has 0 amide bonds. The summed E-state index contributed by atoms with van der Waals surface area (Å²) in [5, 5.41) is 2.50. The second kappa shape index (κ2) is 4.74. The Labute approximate surface area is 114 Å². The third kappa shape index (κ3) is 1.94. The highest BCUT2D eigenvalue weighted by Gasteiger charge is 2.31. The van der Waals surface area contributed by atoms with Gasteiger partial charge >= 0.3 is 0 Å². The fraction of sp³-hybridized carbons (Fsp3) is 0.375. The minimum atomic E-state index is 0.170. The Hall–Kier alpha value is -1.74. The zero-order valence-electron chi connectivity index (χ0n) is 11.5. The molecule has 2 aromatic carbocycles. The van der Waals surface area contributed by atoms with Gasteiger partial charge in [-0.1, -0.05) is 30.3 Å². The Bertz CT molecular complexity index is 596. The van der Waals surface area contributed by atoms with Gasteiger partial charge in [0.05, 0.1) is 11.7 Å². The number of ether oxygens (including phenoxy) is 1. The van der Waals surface area contributed by atoms with Crippen LogP contribution in [0.5, 0.6) is 5.75 Å². The lowest BCUT2D eigenvalue weighted by molar-refractivity contribution is 0.154. The fourth-order valence-electron chi connectivity index (χ4n) is 2.87. The fourth-order valence-corrected chi connectivity index (χ4v) is 2.87. The van der Waals surface area contributed by atoms with Crippen molar-refractivity contribution in [2.75, 3.05) is 18.5 Å². The molecule has 0 fully saturated rings. The van der Waals surface area contributed by atoms with Gasteiger partial charge in [-0.2, -0.15) is 0 Å². The van der Waals surface area contributed by atoms with E-state index < -0.39 is 0 Å². The van der Waals surface area contributed by atoms with Gasteiger partial charge in [-0.3, -0.25) is 0 Å². The van der Waals surface area contributed by atoms with Gasteiger partial charge < -0.3 is 15.4 Å². The average Bonchev–Trinajstić information content (AvgIpc) is 2.44. The summed E-state index contributed by atoms with van der Waals surface area (Å²) >= 11 is 0. The van der Waals surface area contributed by atoms with Gasteiger partial charge in [-0.25, -0.2) is 0 Å².